The Balaban J connectivity index is 1.18. The van der Waals surface area contributed by atoms with Gasteiger partial charge in [0.1, 0.15) is 28.9 Å². The third-order valence-electron chi connectivity index (χ3n) is 9.92. The summed E-state index contributed by atoms with van der Waals surface area (Å²) in [5, 5.41) is 20.5. The number of hydrogen-bond acceptors (Lipinski definition) is 7. The van der Waals surface area contributed by atoms with Gasteiger partial charge in [0.05, 0.1) is 22.1 Å². The van der Waals surface area contributed by atoms with Crippen LogP contribution in [0.2, 0.25) is 10.0 Å². The van der Waals surface area contributed by atoms with E-state index in [-0.39, 0.29) is 46.0 Å². The van der Waals surface area contributed by atoms with E-state index in [0.717, 1.165) is 28.1 Å². The van der Waals surface area contributed by atoms with Gasteiger partial charge in [-0.2, -0.15) is 5.10 Å². The Morgan fingerprint density at radius 1 is 0.867 bits per heavy atom. The van der Waals surface area contributed by atoms with Crippen LogP contribution in [0, 0.1) is 13.8 Å². The molecule has 0 saturated heterocycles. The van der Waals surface area contributed by atoms with Crippen molar-refractivity contribution in [2.45, 2.75) is 53.2 Å². The molecule has 2 heterocycles. The van der Waals surface area contributed by atoms with Crippen LogP contribution in [0.4, 0.5) is 16.3 Å². The van der Waals surface area contributed by atoms with Crippen LogP contribution in [0.3, 0.4) is 0 Å². The van der Waals surface area contributed by atoms with Crippen LogP contribution in [0.1, 0.15) is 59.2 Å². The molecule has 12 nitrogen and oxygen atoms in total. The standard InChI is InChI=1S/C46H49Cl2N7O5/c1-29-17-18-31(43(57)53(22-21-52(6)7)34-15-9-8-10-16-34)24-37(29)54-30(2)23-39(42(48)44(54)58)60-28-33-14-12-11-13-32(33)27-49-45(59)50-41-26-40(46(3,4)5)51-55(41)35-19-20-38(56)36(47)25-35/h8-20,23-26,56H,21-22,27-28H2,1-7H3,(H2,49,50,59). The minimum Gasteiger partial charge on any atom is -0.506 e. The highest BCUT2D eigenvalue weighted by atomic mass is 35.5. The second-order valence-electron chi connectivity index (χ2n) is 15.8. The third-order valence-corrected chi connectivity index (χ3v) is 10.6. The quantitative estimate of drug-likeness (QED) is 0.106. The molecule has 6 aromatic rings. The molecule has 6 rings (SSSR count). The molecule has 312 valence electrons. The smallest absolute Gasteiger partial charge is 0.320 e. The molecule has 14 heteroatoms. The molecule has 0 aliphatic rings. The van der Waals surface area contributed by atoms with Crippen LogP contribution >= 0.6 is 23.2 Å². The molecule has 0 aliphatic carbocycles. The van der Waals surface area contributed by atoms with Crippen molar-refractivity contribution in [3.8, 4) is 22.9 Å². The Bertz CT molecular complexity index is 2580. The maximum Gasteiger partial charge on any atom is 0.320 e. The first-order valence-electron chi connectivity index (χ1n) is 19.4. The van der Waals surface area contributed by atoms with E-state index < -0.39 is 11.6 Å². The van der Waals surface area contributed by atoms with E-state index >= 15 is 0 Å². The lowest BCUT2D eigenvalue weighted by Gasteiger charge is -2.25. The summed E-state index contributed by atoms with van der Waals surface area (Å²) in [5.74, 6) is 0.371. The summed E-state index contributed by atoms with van der Waals surface area (Å²) in [7, 11) is 3.92. The molecule has 0 saturated carbocycles. The van der Waals surface area contributed by atoms with Crippen molar-refractivity contribution in [2.75, 3.05) is 37.4 Å². The van der Waals surface area contributed by atoms with Gasteiger partial charge in [0.15, 0.2) is 0 Å². The monoisotopic (exact) mass is 849 g/mol. The second-order valence-corrected chi connectivity index (χ2v) is 16.6. The van der Waals surface area contributed by atoms with E-state index in [4.69, 9.17) is 33.0 Å². The fourth-order valence-corrected chi connectivity index (χ4v) is 6.87. The molecule has 0 aliphatic heterocycles. The average Bonchev–Trinajstić information content (AvgIpc) is 3.64. The van der Waals surface area contributed by atoms with E-state index in [9.17, 15) is 19.5 Å². The molecule has 60 heavy (non-hydrogen) atoms. The summed E-state index contributed by atoms with van der Waals surface area (Å²) in [6.45, 7) is 11.1. The van der Waals surface area contributed by atoms with Gasteiger partial charge in [-0.1, -0.05) is 92.5 Å². The van der Waals surface area contributed by atoms with Crippen molar-refractivity contribution in [1.29, 1.82) is 0 Å². The van der Waals surface area contributed by atoms with Gasteiger partial charge in [-0.25, -0.2) is 9.48 Å². The number of phenolic OH excluding ortho intramolecular Hbond substituents is 1. The van der Waals surface area contributed by atoms with Crippen molar-refractivity contribution >= 4 is 46.6 Å². The molecule has 4 aromatic carbocycles. The number of rotatable bonds is 13. The molecule has 0 bridgehead atoms. The zero-order valence-corrected chi connectivity index (χ0v) is 36.2. The largest absolute Gasteiger partial charge is 0.506 e. The Morgan fingerprint density at radius 2 is 1.57 bits per heavy atom. The van der Waals surface area contributed by atoms with Gasteiger partial charge in [-0.05, 0) is 87.1 Å². The number of carbonyl (C=O) groups excluding carboxylic acids is 2. The predicted molar refractivity (Wildman–Crippen MR) is 239 cm³/mol. The van der Waals surface area contributed by atoms with Crippen molar-refractivity contribution < 1.29 is 19.4 Å². The van der Waals surface area contributed by atoms with Crippen LogP contribution in [-0.4, -0.2) is 63.5 Å². The highest BCUT2D eigenvalue weighted by Crippen LogP contribution is 2.31. The molecule has 0 fully saturated rings. The Kier molecular flexibility index (Phi) is 13.4. The summed E-state index contributed by atoms with van der Waals surface area (Å²) in [5.41, 5.74) is 5.17. The van der Waals surface area contributed by atoms with E-state index in [0.29, 0.717) is 41.5 Å². The number of amides is 3. The lowest BCUT2D eigenvalue weighted by atomic mass is 9.92. The van der Waals surface area contributed by atoms with Crippen molar-refractivity contribution in [2.24, 2.45) is 0 Å². The molecule has 0 radical (unpaired) electrons. The number of aryl methyl sites for hydroxylation is 2. The first kappa shape index (κ1) is 43.5. The highest BCUT2D eigenvalue weighted by molar-refractivity contribution is 6.32. The summed E-state index contributed by atoms with van der Waals surface area (Å²) in [6, 6.07) is 30.0. The van der Waals surface area contributed by atoms with E-state index in [2.05, 4.69) is 10.6 Å². The molecule has 3 N–H and O–H groups in total. The van der Waals surface area contributed by atoms with E-state index in [1.165, 1.54) is 10.6 Å². The molecular formula is C46H49Cl2N7O5. The average molecular weight is 851 g/mol. The molecule has 0 spiro atoms. The first-order chi connectivity index (χ1) is 28.5. The normalized spacial score (nSPS) is 11.4. The summed E-state index contributed by atoms with van der Waals surface area (Å²) in [6.07, 6.45) is 0. The van der Waals surface area contributed by atoms with E-state index in [1.54, 1.807) is 52.9 Å². The number of nitrogens with zero attached hydrogens (tertiary/aromatic N) is 5. The minimum atomic E-state index is -0.484. The number of hydrogen-bond donors (Lipinski definition) is 3. The van der Waals surface area contributed by atoms with Gasteiger partial charge in [-0.15, -0.1) is 0 Å². The van der Waals surface area contributed by atoms with Crippen molar-refractivity contribution in [3.63, 3.8) is 0 Å². The minimum absolute atomic E-state index is 0.0619. The summed E-state index contributed by atoms with van der Waals surface area (Å²) >= 11 is 12.9. The van der Waals surface area contributed by atoms with Gasteiger partial charge >= 0.3 is 6.03 Å². The van der Waals surface area contributed by atoms with Gasteiger partial charge in [0.25, 0.3) is 11.5 Å². The fourth-order valence-electron chi connectivity index (χ4n) is 6.50. The highest BCUT2D eigenvalue weighted by Gasteiger charge is 2.24. The summed E-state index contributed by atoms with van der Waals surface area (Å²) < 4.78 is 9.24. The summed E-state index contributed by atoms with van der Waals surface area (Å²) in [4.78, 5) is 45.0. The molecular weight excluding hydrogens is 801 g/mol. The molecule has 2 aromatic heterocycles. The SMILES string of the molecule is Cc1ccc(C(=O)N(CCN(C)C)c2ccccc2)cc1-n1c(C)cc(OCc2ccccc2CNC(=O)Nc2cc(C(C)(C)C)nn2-c2ccc(O)c(Cl)c2)c(Cl)c1=O. The van der Waals surface area contributed by atoms with Gasteiger partial charge in [-0.3, -0.25) is 19.5 Å². The van der Waals surface area contributed by atoms with Gasteiger partial charge < -0.3 is 25.0 Å². The Labute approximate surface area is 359 Å². The topological polar surface area (TPSA) is 134 Å². The lowest BCUT2D eigenvalue weighted by Crippen LogP contribution is -2.37. The number of halogens is 2. The number of carbonyl (C=O) groups is 2. The van der Waals surface area contributed by atoms with Crippen LogP contribution in [0.5, 0.6) is 11.5 Å². The maximum atomic E-state index is 14.0. The predicted octanol–water partition coefficient (Wildman–Crippen LogP) is 9.06. The van der Waals surface area contributed by atoms with Crippen LogP contribution < -0.4 is 25.8 Å². The maximum absolute atomic E-state index is 14.0. The number of pyridine rings is 1. The van der Waals surface area contributed by atoms with Crippen LogP contribution in [-0.2, 0) is 18.6 Å². The van der Waals surface area contributed by atoms with Crippen molar-refractivity contribution in [1.82, 2.24) is 24.6 Å². The molecule has 0 unspecified atom stereocenters. The number of urea groups is 1. The number of aromatic hydroxyl groups is 1. The second kappa shape index (κ2) is 18.5. The fraction of sp³-hybridized carbons (Fsp3) is 0.261. The number of aromatic nitrogens is 3. The zero-order valence-electron chi connectivity index (χ0n) is 34.7. The van der Waals surface area contributed by atoms with E-state index in [1.807, 2.05) is 107 Å². The lowest BCUT2D eigenvalue weighted by molar-refractivity contribution is 0.0985. The number of anilines is 2. The zero-order chi connectivity index (χ0) is 43.3. The first-order valence-corrected chi connectivity index (χ1v) is 20.2. The molecule has 3 amide bonds. The number of likely N-dealkylation sites (N-methyl/N-ethyl adjacent to an activating group) is 1. The van der Waals surface area contributed by atoms with Gasteiger partial charge in [0.2, 0.25) is 0 Å². The number of benzene rings is 4. The van der Waals surface area contributed by atoms with Crippen molar-refractivity contribution in [3.05, 3.63) is 157 Å². The third kappa shape index (κ3) is 10.0. The number of phenols is 1. The van der Waals surface area contributed by atoms with Crippen LogP contribution in [0.25, 0.3) is 11.4 Å². The number of nitrogens with one attached hydrogen (secondary N) is 2. The van der Waals surface area contributed by atoms with Gasteiger partial charge in [0, 0.05) is 54.1 Å². The van der Waals surface area contributed by atoms with Crippen LogP contribution in [0.15, 0.2) is 108 Å². The Hall–Kier alpha value is -6.08. The molecule has 0 atom stereocenters. The Morgan fingerprint density at radius 3 is 2.25 bits per heavy atom. The number of para-hydroxylation sites is 1. The number of ether oxygens (including phenoxy) is 1.